The zero-order valence-electron chi connectivity index (χ0n) is 11.2. The lowest BCUT2D eigenvalue weighted by Crippen LogP contribution is -2.37. The summed E-state index contributed by atoms with van der Waals surface area (Å²) in [5, 5.41) is 20.3. The third kappa shape index (κ3) is 3.46. The first-order valence-electron chi connectivity index (χ1n) is 6.43. The highest BCUT2D eigenvalue weighted by Crippen LogP contribution is 2.26. The van der Waals surface area contributed by atoms with Crippen molar-refractivity contribution in [3.8, 4) is 5.75 Å². The molecule has 0 atom stereocenters. The van der Waals surface area contributed by atoms with Crippen LogP contribution in [0, 0.1) is 0 Å². The van der Waals surface area contributed by atoms with E-state index in [2.05, 4.69) is 0 Å². The maximum Gasteiger partial charge on any atom is 0.257 e. The molecule has 0 spiro atoms. The summed E-state index contributed by atoms with van der Waals surface area (Å²) in [5.41, 5.74) is -0.0530. The summed E-state index contributed by atoms with van der Waals surface area (Å²) >= 11 is 0. The minimum atomic E-state index is -2.71. The minimum absolute atomic E-state index is 0.0530. The van der Waals surface area contributed by atoms with Crippen LogP contribution in [0.15, 0.2) is 36.4 Å². The molecule has 0 heterocycles. The minimum Gasteiger partial charge on any atom is -0.507 e. The number of hydrogen-bond acceptors (Lipinski definition) is 3. The Labute approximate surface area is 120 Å². The molecule has 21 heavy (non-hydrogen) atoms. The lowest BCUT2D eigenvalue weighted by molar-refractivity contribution is 0.0507. The van der Waals surface area contributed by atoms with Gasteiger partial charge in [0, 0.05) is 6.54 Å². The fourth-order valence-electron chi connectivity index (χ4n) is 2.13. The van der Waals surface area contributed by atoms with Gasteiger partial charge in [-0.15, -0.1) is 0 Å². The molecule has 0 aliphatic heterocycles. The average molecular weight is 295 g/mol. The molecule has 112 valence electrons. The SMILES string of the molecule is O=C(c1cc2ccccc2cc1O)N(CCO)CC(F)F. The predicted molar refractivity (Wildman–Crippen MR) is 74.6 cm³/mol. The molecule has 0 fully saturated rings. The first-order chi connectivity index (χ1) is 10.0. The number of amides is 1. The molecule has 0 unspecified atom stereocenters. The van der Waals surface area contributed by atoms with Crippen LogP contribution in [-0.4, -0.2) is 47.1 Å². The van der Waals surface area contributed by atoms with E-state index in [0.29, 0.717) is 0 Å². The lowest BCUT2D eigenvalue weighted by Gasteiger charge is -2.22. The number of hydrogen-bond donors (Lipinski definition) is 2. The van der Waals surface area contributed by atoms with Gasteiger partial charge in [0.05, 0.1) is 18.7 Å². The number of nitrogens with zero attached hydrogens (tertiary/aromatic N) is 1. The Morgan fingerprint density at radius 3 is 2.38 bits per heavy atom. The summed E-state index contributed by atoms with van der Waals surface area (Å²) in [5.74, 6) is -0.997. The Morgan fingerprint density at radius 1 is 1.19 bits per heavy atom. The number of benzene rings is 2. The Kier molecular flexibility index (Phi) is 4.70. The highest BCUT2D eigenvalue weighted by Gasteiger charge is 2.22. The highest BCUT2D eigenvalue weighted by atomic mass is 19.3. The molecule has 0 aliphatic rings. The van der Waals surface area contributed by atoms with Crippen LogP contribution in [0.25, 0.3) is 10.8 Å². The van der Waals surface area contributed by atoms with Crippen LogP contribution < -0.4 is 0 Å². The van der Waals surface area contributed by atoms with Crippen molar-refractivity contribution in [3.63, 3.8) is 0 Å². The number of aromatic hydroxyl groups is 1. The predicted octanol–water partition coefficient (Wildman–Crippen LogP) is 2.25. The van der Waals surface area contributed by atoms with E-state index in [4.69, 9.17) is 5.11 Å². The van der Waals surface area contributed by atoms with Gasteiger partial charge in [0.2, 0.25) is 0 Å². The third-order valence-corrected chi connectivity index (χ3v) is 3.11. The van der Waals surface area contributed by atoms with Gasteiger partial charge in [-0.2, -0.15) is 0 Å². The Hall–Kier alpha value is -2.21. The highest BCUT2D eigenvalue weighted by molar-refractivity contribution is 6.01. The number of carbonyl (C=O) groups is 1. The number of halogens is 2. The maximum atomic E-state index is 12.5. The van der Waals surface area contributed by atoms with Gasteiger partial charge < -0.3 is 15.1 Å². The number of alkyl halides is 2. The van der Waals surface area contributed by atoms with Crippen LogP contribution in [0.1, 0.15) is 10.4 Å². The van der Waals surface area contributed by atoms with E-state index in [1.54, 1.807) is 24.3 Å². The Bertz CT molecular complexity index is 646. The van der Waals surface area contributed by atoms with Crippen LogP contribution in [0.5, 0.6) is 5.75 Å². The van der Waals surface area contributed by atoms with Crippen molar-refractivity contribution in [2.45, 2.75) is 6.43 Å². The fraction of sp³-hybridized carbons (Fsp3) is 0.267. The van der Waals surface area contributed by atoms with Crippen molar-refractivity contribution in [1.82, 2.24) is 4.90 Å². The van der Waals surface area contributed by atoms with E-state index >= 15 is 0 Å². The Balaban J connectivity index is 2.38. The standard InChI is InChI=1S/C15H15F2NO3/c16-14(17)9-18(5-6-19)15(21)12-7-10-3-1-2-4-11(10)8-13(12)20/h1-4,7-8,14,19-20H,5-6,9H2. The fourth-order valence-corrected chi connectivity index (χ4v) is 2.13. The molecule has 2 aromatic carbocycles. The van der Waals surface area contributed by atoms with Crippen molar-refractivity contribution in [1.29, 1.82) is 0 Å². The topological polar surface area (TPSA) is 60.8 Å². The Morgan fingerprint density at radius 2 is 1.81 bits per heavy atom. The number of phenols is 1. The zero-order chi connectivity index (χ0) is 15.4. The van der Waals surface area contributed by atoms with Gasteiger partial charge in [-0.05, 0) is 22.9 Å². The molecule has 0 saturated heterocycles. The van der Waals surface area contributed by atoms with Crippen molar-refractivity contribution >= 4 is 16.7 Å². The summed E-state index contributed by atoms with van der Waals surface area (Å²) < 4.78 is 25.0. The van der Waals surface area contributed by atoms with E-state index in [-0.39, 0.29) is 17.9 Å². The van der Waals surface area contributed by atoms with Crippen molar-refractivity contribution < 1.29 is 23.8 Å². The van der Waals surface area contributed by atoms with Crippen LogP contribution in [-0.2, 0) is 0 Å². The zero-order valence-corrected chi connectivity index (χ0v) is 11.2. The van der Waals surface area contributed by atoms with E-state index < -0.39 is 25.5 Å². The summed E-state index contributed by atoms with van der Waals surface area (Å²) in [6.45, 7) is -1.42. The molecule has 2 aromatic rings. The van der Waals surface area contributed by atoms with Crippen LogP contribution in [0.3, 0.4) is 0 Å². The second-order valence-electron chi connectivity index (χ2n) is 4.58. The lowest BCUT2D eigenvalue weighted by atomic mass is 10.0. The first-order valence-corrected chi connectivity index (χ1v) is 6.43. The molecule has 2 rings (SSSR count). The maximum absolute atomic E-state index is 12.5. The summed E-state index contributed by atoms with van der Waals surface area (Å²) in [6.07, 6.45) is -2.71. The average Bonchev–Trinajstić information content (AvgIpc) is 2.45. The van der Waals surface area contributed by atoms with Crippen LogP contribution in [0.4, 0.5) is 8.78 Å². The van der Waals surface area contributed by atoms with E-state index in [1.807, 2.05) is 0 Å². The molecular formula is C15H15F2NO3. The molecule has 4 nitrogen and oxygen atoms in total. The molecule has 1 amide bonds. The van der Waals surface area contributed by atoms with Gasteiger partial charge in [-0.25, -0.2) is 8.78 Å². The molecule has 0 saturated carbocycles. The second kappa shape index (κ2) is 6.49. The molecule has 0 bridgehead atoms. The number of aliphatic hydroxyl groups is 1. The van der Waals surface area contributed by atoms with Crippen molar-refractivity contribution in [3.05, 3.63) is 42.0 Å². The number of phenolic OH excluding ortho intramolecular Hbond substituents is 1. The summed E-state index contributed by atoms with van der Waals surface area (Å²) in [4.78, 5) is 13.1. The molecule has 0 aromatic heterocycles. The summed E-state index contributed by atoms with van der Waals surface area (Å²) in [7, 11) is 0. The van der Waals surface area contributed by atoms with E-state index in [0.717, 1.165) is 15.7 Å². The van der Waals surface area contributed by atoms with Gasteiger partial charge >= 0.3 is 0 Å². The number of fused-ring (bicyclic) bond motifs is 1. The van der Waals surface area contributed by atoms with Gasteiger partial charge in [0.1, 0.15) is 5.75 Å². The molecule has 0 radical (unpaired) electrons. The molecule has 0 aliphatic carbocycles. The molecule has 6 heteroatoms. The normalized spacial score (nSPS) is 11.0. The quantitative estimate of drug-likeness (QED) is 0.889. The van der Waals surface area contributed by atoms with Gasteiger partial charge in [-0.1, -0.05) is 24.3 Å². The monoisotopic (exact) mass is 295 g/mol. The van der Waals surface area contributed by atoms with Crippen LogP contribution in [0.2, 0.25) is 0 Å². The van der Waals surface area contributed by atoms with E-state index in [1.165, 1.54) is 12.1 Å². The number of rotatable bonds is 5. The summed E-state index contributed by atoms with van der Waals surface area (Å²) in [6, 6.07) is 9.98. The number of aliphatic hydroxyl groups excluding tert-OH is 1. The second-order valence-corrected chi connectivity index (χ2v) is 4.58. The molecular weight excluding hydrogens is 280 g/mol. The van der Waals surface area contributed by atoms with Crippen LogP contribution >= 0.6 is 0 Å². The van der Waals surface area contributed by atoms with Crippen molar-refractivity contribution in [2.24, 2.45) is 0 Å². The largest absolute Gasteiger partial charge is 0.507 e. The number of carbonyl (C=O) groups excluding carboxylic acids is 1. The first kappa shape index (κ1) is 15.2. The van der Waals surface area contributed by atoms with E-state index in [9.17, 15) is 18.7 Å². The smallest absolute Gasteiger partial charge is 0.257 e. The van der Waals surface area contributed by atoms with Gasteiger partial charge in [0.25, 0.3) is 12.3 Å². The van der Waals surface area contributed by atoms with Gasteiger partial charge in [0.15, 0.2) is 0 Å². The molecule has 2 N–H and O–H groups in total. The third-order valence-electron chi connectivity index (χ3n) is 3.11. The van der Waals surface area contributed by atoms with Crippen molar-refractivity contribution in [2.75, 3.05) is 19.7 Å². The van der Waals surface area contributed by atoms with Gasteiger partial charge in [-0.3, -0.25) is 4.79 Å².